The van der Waals surface area contributed by atoms with Gasteiger partial charge in [0.25, 0.3) is 0 Å². The van der Waals surface area contributed by atoms with Crippen LogP contribution in [0.15, 0.2) is 60.2 Å². The van der Waals surface area contributed by atoms with Crippen molar-refractivity contribution >= 4 is 44.7 Å². The van der Waals surface area contributed by atoms with Crippen LogP contribution in [0.1, 0.15) is 6.92 Å². The molecule has 0 atom stereocenters. The molecular formula is C20H14ClN3O2S. The van der Waals surface area contributed by atoms with E-state index in [2.05, 4.69) is 15.3 Å². The van der Waals surface area contributed by atoms with Crippen LogP contribution in [0.3, 0.4) is 0 Å². The maximum absolute atomic E-state index is 11.1. The Morgan fingerprint density at radius 3 is 2.52 bits per heavy atom. The van der Waals surface area contributed by atoms with Crippen LogP contribution in [0.4, 0.5) is 5.69 Å². The minimum atomic E-state index is -0.118. The molecule has 2 aromatic carbocycles. The van der Waals surface area contributed by atoms with Crippen LogP contribution in [0, 0.1) is 0 Å². The van der Waals surface area contributed by atoms with E-state index in [9.17, 15) is 4.79 Å². The lowest BCUT2D eigenvalue weighted by Crippen LogP contribution is -2.05. The van der Waals surface area contributed by atoms with Gasteiger partial charge in [0.1, 0.15) is 16.9 Å². The normalized spacial score (nSPS) is 10.7. The zero-order chi connectivity index (χ0) is 18.8. The van der Waals surface area contributed by atoms with Crippen molar-refractivity contribution in [2.45, 2.75) is 6.92 Å². The molecule has 4 aromatic rings. The zero-order valence-electron chi connectivity index (χ0n) is 14.3. The van der Waals surface area contributed by atoms with Crippen molar-refractivity contribution in [1.29, 1.82) is 0 Å². The number of thiophene rings is 1. The van der Waals surface area contributed by atoms with Gasteiger partial charge < -0.3 is 10.1 Å². The number of carbonyl (C=O) groups is 1. The fourth-order valence-electron chi connectivity index (χ4n) is 2.69. The minimum absolute atomic E-state index is 0.118. The lowest BCUT2D eigenvalue weighted by Gasteiger charge is -2.08. The highest BCUT2D eigenvalue weighted by molar-refractivity contribution is 7.17. The fraction of sp³-hybridized carbons (Fsp3) is 0.0500. The molecule has 0 aliphatic carbocycles. The lowest BCUT2D eigenvalue weighted by molar-refractivity contribution is -0.114. The second kappa shape index (κ2) is 7.34. The van der Waals surface area contributed by atoms with Gasteiger partial charge in [0.2, 0.25) is 11.8 Å². The SMILES string of the molecule is CC(=O)Nc1ccc(Oc2ncnc3scc(-c4ccc(Cl)cc4)c23)cc1. The zero-order valence-corrected chi connectivity index (χ0v) is 15.8. The smallest absolute Gasteiger partial charge is 0.231 e. The first kappa shape index (κ1) is 17.5. The molecule has 7 heteroatoms. The first-order valence-corrected chi connectivity index (χ1v) is 9.39. The Morgan fingerprint density at radius 1 is 1.07 bits per heavy atom. The average Bonchev–Trinajstić information content (AvgIpc) is 3.09. The Balaban J connectivity index is 1.70. The summed E-state index contributed by atoms with van der Waals surface area (Å²) in [6.07, 6.45) is 1.49. The van der Waals surface area contributed by atoms with E-state index in [1.165, 1.54) is 24.6 Å². The monoisotopic (exact) mass is 395 g/mol. The molecule has 2 aromatic heterocycles. The maximum Gasteiger partial charge on any atom is 0.231 e. The number of hydrogen-bond acceptors (Lipinski definition) is 5. The van der Waals surface area contributed by atoms with Crippen molar-refractivity contribution < 1.29 is 9.53 Å². The van der Waals surface area contributed by atoms with E-state index in [0.29, 0.717) is 22.3 Å². The first-order chi connectivity index (χ1) is 13.1. The molecule has 0 radical (unpaired) electrons. The van der Waals surface area contributed by atoms with Gasteiger partial charge in [-0.25, -0.2) is 9.97 Å². The highest BCUT2D eigenvalue weighted by atomic mass is 35.5. The number of aromatic nitrogens is 2. The van der Waals surface area contributed by atoms with E-state index in [0.717, 1.165) is 21.3 Å². The second-order valence-electron chi connectivity index (χ2n) is 5.82. The topological polar surface area (TPSA) is 64.1 Å². The Hall–Kier alpha value is -2.96. The number of carbonyl (C=O) groups excluding carboxylic acids is 1. The Bertz CT molecular complexity index is 1110. The summed E-state index contributed by atoms with van der Waals surface area (Å²) in [5.74, 6) is 0.989. The number of anilines is 1. The molecule has 0 fully saturated rings. The van der Waals surface area contributed by atoms with E-state index in [-0.39, 0.29) is 5.91 Å². The number of rotatable bonds is 4. The molecule has 5 nitrogen and oxygen atoms in total. The van der Waals surface area contributed by atoms with Gasteiger partial charge in [-0.05, 0) is 42.0 Å². The molecule has 0 saturated carbocycles. The van der Waals surface area contributed by atoms with Crippen molar-refractivity contribution in [1.82, 2.24) is 9.97 Å². The molecule has 0 aliphatic rings. The number of amides is 1. The van der Waals surface area contributed by atoms with Crippen LogP contribution >= 0.6 is 22.9 Å². The van der Waals surface area contributed by atoms with Crippen molar-refractivity contribution in [2.24, 2.45) is 0 Å². The summed E-state index contributed by atoms with van der Waals surface area (Å²) in [6.45, 7) is 1.47. The van der Waals surface area contributed by atoms with Crippen LogP contribution in [0.5, 0.6) is 11.6 Å². The van der Waals surface area contributed by atoms with Crippen molar-refractivity contribution in [3.63, 3.8) is 0 Å². The summed E-state index contributed by atoms with van der Waals surface area (Å²) in [5.41, 5.74) is 2.73. The highest BCUT2D eigenvalue weighted by Gasteiger charge is 2.15. The van der Waals surface area contributed by atoms with Crippen molar-refractivity contribution in [3.05, 3.63) is 65.3 Å². The van der Waals surface area contributed by atoms with E-state index in [1.54, 1.807) is 24.3 Å². The van der Waals surface area contributed by atoms with E-state index >= 15 is 0 Å². The van der Waals surface area contributed by atoms with Gasteiger partial charge in [0.15, 0.2) is 0 Å². The maximum atomic E-state index is 11.1. The molecule has 4 rings (SSSR count). The van der Waals surface area contributed by atoms with Gasteiger partial charge in [-0.15, -0.1) is 11.3 Å². The van der Waals surface area contributed by atoms with Crippen LogP contribution in [0.2, 0.25) is 5.02 Å². The van der Waals surface area contributed by atoms with Crippen LogP contribution in [-0.4, -0.2) is 15.9 Å². The van der Waals surface area contributed by atoms with E-state index in [4.69, 9.17) is 16.3 Å². The standard InChI is InChI=1S/C20H14ClN3O2S/c1-12(25)24-15-6-8-16(9-7-15)26-19-18-17(10-27-20(18)23-11-22-19)13-2-4-14(21)5-3-13/h2-11H,1H3,(H,24,25). The Labute approximate surface area is 164 Å². The van der Waals surface area contributed by atoms with Gasteiger partial charge >= 0.3 is 0 Å². The van der Waals surface area contributed by atoms with Gasteiger partial charge in [0.05, 0.1) is 5.39 Å². The molecule has 0 unspecified atom stereocenters. The molecule has 1 N–H and O–H groups in total. The van der Waals surface area contributed by atoms with Crippen LogP contribution in [-0.2, 0) is 4.79 Å². The molecule has 0 saturated heterocycles. The molecule has 134 valence electrons. The predicted octanol–water partition coefficient (Wildman–Crippen LogP) is 5.76. The Morgan fingerprint density at radius 2 is 1.81 bits per heavy atom. The first-order valence-electron chi connectivity index (χ1n) is 8.14. The highest BCUT2D eigenvalue weighted by Crippen LogP contribution is 2.39. The van der Waals surface area contributed by atoms with E-state index < -0.39 is 0 Å². The summed E-state index contributed by atoms with van der Waals surface area (Å²) in [7, 11) is 0. The summed E-state index contributed by atoms with van der Waals surface area (Å²) < 4.78 is 6.01. The average molecular weight is 396 g/mol. The molecule has 0 aliphatic heterocycles. The number of nitrogens with one attached hydrogen (secondary N) is 1. The fourth-order valence-corrected chi connectivity index (χ4v) is 3.72. The van der Waals surface area contributed by atoms with E-state index in [1.807, 2.05) is 29.6 Å². The number of fused-ring (bicyclic) bond motifs is 1. The van der Waals surface area contributed by atoms with Crippen LogP contribution < -0.4 is 10.1 Å². The van der Waals surface area contributed by atoms with Gasteiger partial charge in [-0.1, -0.05) is 23.7 Å². The lowest BCUT2D eigenvalue weighted by atomic mass is 10.1. The predicted molar refractivity (Wildman–Crippen MR) is 109 cm³/mol. The summed E-state index contributed by atoms with van der Waals surface area (Å²) in [4.78, 5) is 20.7. The number of ether oxygens (including phenoxy) is 1. The Kier molecular flexibility index (Phi) is 4.75. The minimum Gasteiger partial charge on any atom is -0.438 e. The van der Waals surface area contributed by atoms with Crippen molar-refractivity contribution in [2.75, 3.05) is 5.32 Å². The third-order valence-corrected chi connectivity index (χ3v) is 5.02. The molecule has 27 heavy (non-hydrogen) atoms. The summed E-state index contributed by atoms with van der Waals surface area (Å²) >= 11 is 7.54. The number of halogens is 1. The quantitative estimate of drug-likeness (QED) is 0.477. The largest absolute Gasteiger partial charge is 0.438 e. The molecule has 2 heterocycles. The molecule has 0 spiro atoms. The van der Waals surface area contributed by atoms with Gasteiger partial charge in [0, 0.05) is 28.6 Å². The molecule has 1 amide bonds. The third kappa shape index (κ3) is 3.77. The van der Waals surface area contributed by atoms with Crippen molar-refractivity contribution in [3.8, 4) is 22.8 Å². The van der Waals surface area contributed by atoms with Gasteiger partial charge in [-0.2, -0.15) is 0 Å². The van der Waals surface area contributed by atoms with Gasteiger partial charge in [-0.3, -0.25) is 4.79 Å². The second-order valence-corrected chi connectivity index (χ2v) is 7.12. The summed E-state index contributed by atoms with van der Waals surface area (Å²) in [6, 6.07) is 14.8. The molecule has 0 bridgehead atoms. The number of hydrogen-bond donors (Lipinski definition) is 1. The molecular weight excluding hydrogens is 382 g/mol. The van der Waals surface area contributed by atoms with Crippen LogP contribution in [0.25, 0.3) is 21.3 Å². The number of nitrogens with zero attached hydrogens (tertiary/aromatic N) is 2. The number of benzene rings is 2. The summed E-state index contributed by atoms with van der Waals surface area (Å²) in [5, 5.41) is 6.31. The third-order valence-electron chi connectivity index (χ3n) is 3.88.